The van der Waals surface area contributed by atoms with Gasteiger partial charge in [0.1, 0.15) is 5.82 Å². The molecule has 8 nitrogen and oxygen atoms in total. The number of H-pyrrole nitrogens is 1. The molecule has 0 saturated heterocycles. The maximum absolute atomic E-state index is 12.9. The molecular formula is C23H33N5O3. The summed E-state index contributed by atoms with van der Waals surface area (Å²) in [6.07, 6.45) is 10.2. The number of aromatic nitrogens is 3. The molecule has 2 aromatic rings. The Hall–Kier alpha value is -2.74. The van der Waals surface area contributed by atoms with Crippen molar-refractivity contribution in [2.24, 2.45) is 5.92 Å². The zero-order valence-corrected chi connectivity index (χ0v) is 18.4. The second kappa shape index (κ2) is 11.0. The first-order chi connectivity index (χ1) is 15.0. The van der Waals surface area contributed by atoms with Crippen LogP contribution in [0.3, 0.4) is 0 Å². The van der Waals surface area contributed by atoms with Crippen molar-refractivity contribution >= 4 is 17.6 Å². The van der Waals surface area contributed by atoms with Crippen molar-refractivity contribution < 1.29 is 14.7 Å². The van der Waals surface area contributed by atoms with E-state index in [1.165, 1.54) is 6.92 Å². The van der Waals surface area contributed by atoms with E-state index in [1.54, 1.807) is 0 Å². The molecule has 168 valence electrons. The van der Waals surface area contributed by atoms with Gasteiger partial charge in [0.25, 0.3) is 0 Å². The van der Waals surface area contributed by atoms with Crippen molar-refractivity contribution in [3.05, 3.63) is 29.7 Å². The predicted molar refractivity (Wildman–Crippen MR) is 119 cm³/mol. The van der Waals surface area contributed by atoms with E-state index < -0.39 is 0 Å². The number of anilines is 1. The van der Waals surface area contributed by atoms with E-state index in [4.69, 9.17) is 5.11 Å². The SMILES string of the molecule is CCc1cnc(NC(=O)[C@H]2CCC[C@@H](NC(C)=O)C2)cc1-c1cn[nH]c1CCCCO. The van der Waals surface area contributed by atoms with Crippen LogP contribution >= 0.6 is 0 Å². The quantitative estimate of drug-likeness (QED) is 0.459. The maximum atomic E-state index is 12.9. The smallest absolute Gasteiger partial charge is 0.228 e. The molecule has 0 bridgehead atoms. The lowest BCUT2D eigenvalue weighted by Gasteiger charge is -2.28. The van der Waals surface area contributed by atoms with Crippen LogP contribution in [-0.4, -0.2) is 44.8 Å². The minimum atomic E-state index is -0.135. The van der Waals surface area contributed by atoms with Crippen LogP contribution in [0.4, 0.5) is 5.82 Å². The first-order valence-corrected chi connectivity index (χ1v) is 11.2. The van der Waals surface area contributed by atoms with Crippen LogP contribution in [0.25, 0.3) is 11.1 Å². The Balaban J connectivity index is 1.74. The third-order valence-corrected chi connectivity index (χ3v) is 5.91. The van der Waals surface area contributed by atoms with Crippen LogP contribution in [-0.2, 0) is 22.4 Å². The number of carbonyl (C=O) groups excluding carboxylic acids is 2. The van der Waals surface area contributed by atoms with E-state index in [0.717, 1.165) is 67.3 Å². The first kappa shape index (κ1) is 22.9. The number of unbranched alkanes of at least 4 members (excludes halogenated alkanes) is 1. The lowest BCUT2D eigenvalue weighted by molar-refractivity contribution is -0.123. The number of nitrogens with one attached hydrogen (secondary N) is 3. The number of aryl methyl sites for hydroxylation is 2. The average molecular weight is 428 g/mol. The normalized spacial score (nSPS) is 18.5. The summed E-state index contributed by atoms with van der Waals surface area (Å²) < 4.78 is 0. The van der Waals surface area contributed by atoms with Crippen LogP contribution < -0.4 is 10.6 Å². The number of hydrogen-bond donors (Lipinski definition) is 4. The van der Waals surface area contributed by atoms with E-state index >= 15 is 0 Å². The number of pyridine rings is 1. The largest absolute Gasteiger partial charge is 0.396 e. The summed E-state index contributed by atoms with van der Waals surface area (Å²) in [5.74, 6) is 0.293. The third-order valence-electron chi connectivity index (χ3n) is 5.91. The topological polar surface area (TPSA) is 120 Å². The van der Waals surface area contributed by atoms with Crippen LogP contribution in [0.15, 0.2) is 18.5 Å². The summed E-state index contributed by atoms with van der Waals surface area (Å²) in [5.41, 5.74) is 4.14. The molecule has 2 atom stereocenters. The lowest BCUT2D eigenvalue weighted by atomic mass is 9.85. The van der Waals surface area contributed by atoms with Gasteiger partial charge in [0.2, 0.25) is 11.8 Å². The predicted octanol–water partition coefficient (Wildman–Crippen LogP) is 2.98. The first-order valence-electron chi connectivity index (χ1n) is 11.2. The fraction of sp³-hybridized carbons (Fsp3) is 0.565. The van der Waals surface area contributed by atoms with Crippen LogP contribution in [0.1, 0.15) is 63.6 Å². The van der Waals surface area contributed by atoms with E-state index in [1.807, 2.05) is 18.5 Å². The Labute approximate surface area is 183 Å². The molecule has 2 aromatic heterocycles. The van der Waals surface area contributed by atoms with Crippen molar-refractivity contribution in [2.75, 3.05) is 11.9 Å². The highest BCUT2D eigenvalue weighted by Gasteiger charge is 2.28. The molecule has 2 heterocycles. The second-order valence-electron chi connectivity index (χ2n) is 8.27. The highest BCUT2D eigenvalue weighted by Crippen LogP contribution is 2.30. The van der Waals surface area contributed by atoms with Gasteiger partial charge in [-0.1, -0.05) is 13.3 Å². The maximum Gasteiger partial charge on any atom is 0.228 e. The fourth-order valence-electron chi connectivity index (χ4n) is 4.31. The summed E-state index contributed by atoms with van der Waals surface area (Å²) in [6, 6.07) is 1.98. The van der Waals surface area contributed by atoms with E-state index in [2.05, 4.69) is 32.7 Å². The average Bonchev–Trinajstić information content (AvgIpc) is 3.22. The van der Waals surface area contributed by atoms with Crippen molar-refractivity contribution in [3.8, 4) is 11.1 Å². The fourth-order valence-corrected chi connectivity index (χ4v) is 4.31. The van der Waals surface area contributed by atoms with E-state index in [0.29, 0.717) is 12.2 Å². The monoisotopic (exact) mass is 427 g/mol. The molecule has 0 radical (unpaired) electrons. The molecule has 0 spiro atoms. The Kier molecular flexibility index (Phi) is 8.17. The highest BCUT2D eigenvalue weighted by atomic mass is 16.3. The minimum Gasteiger partial charge on any atom is -0.396 e. The van der Waals surface area contributed by atoms with Gasteiger partial charge in [-0.05, 0) is 62.1 Å². The van der Waals surface area contributed by atoms with E-state index in [9.17, 15) is 9.59 Å². The molecular weight excluding hydrogens is 394 g/mol. The molecule has 8 heteroatoms. The van der Waals surface area contributed by atoms with Gasteiger partial charge in [-0.15, -0.1) is 0 Å². The number of aliphatic hydroxyl groups excluding tert-OH is 1. The number of carbonyl (C=O) groups is 2. The molecule has 1 aliphatic rings. The van der Waals surface area contributed by atoms with Gasteiger partial charge in [-0.25, -0.2) is 4.98 Å². The number of hydrogen-bond acceptors (Lipinski definition) is 5. The molecule has 0 aliphatic heterocycles. The molecule has 1 saturated carbocycles. The summed E-state index contributed by atoms with van der Waals surface area (Å²) in [6.45, 7) is 3.77. The summed E-state index contributed by atoms with van der Waals surface area (Å²) in [5, 5.41) is 22.3. The molecule has 2 amide bonds. The number of rotatable bonds is 9. The second-order valence-corrected chi connectivity index (χ2v) is 8.27. The number of amides is 2. The molecule has 3 rings (SSSR count). The molecule has 4 N–H and O–H groups in total. The zero-order valence-electron chi connectivity index (χ0n) is 18.4. The Morgan fingerprint density at radius 2 is 2.06 bits per heavy atom. The third kappa shape index (κ3) is 6.13. The van der Waals surface area contributed by atoms with Crippen molar-refractivity contribution in [1.29, 1.82) is 0 Å². The van der Waals surface area contributed by atoms with Gasteiger partial charge in [-0.3, -0.25) is 14.7 Å². The van der Waals surface area contributed by atoms with Crippen LogP contribution in [0.5, 0.6) is 0 Å². The highest BCUT2D eigenvalue weighted by molar-refractivity contribution is 5.92. The van der Waals surface area contributed by atoms with Gasteiger partial charge < -0.3 is 15.7 Å². The van der Waals surface area contributed by atoms with Crippen molar-refractivity contribution in [1.82, 2.24) is 20.5 Å². The molecule has 1 aliphatic carbocycles. The lowest BCUT2D eigenvalue weighted by Crippen LogP contribution is -2.40. The summed E-state index contributed by atoms with van der Waals surface area (Å²) in [7, 11) is 0. The van der Waals surface area contributed by atoms with Crippen molar-refractivity contribution in [2.45, 2.75) is 71.3 Å². The number of nitrogens with zero attached hydrogens (tertiary/aromatic N) is 2. The van der Waals surface area contributed by atoms with E-state index in [-0.39, 0.29) is 30.4 Å². The standard InChI is InChI=1S/C23H33N5O3/c1-3-16-13-24-22(12-19(16)20-14-25-28-21(20)9-4-5-10-29)27-23(31)17-7-6-8-18(11-17)26-15(2)30/h12-14,17-18,29H,3-11H2,1-2H3,(H,25,28)(H,26,30)(H,24,27,31)/t17-,18+/m0/s1. The molecule has 0 aromatic carbocycles. The van der Waals surface area contributed by atoms with Gasteiger partial charge in [0.15, 0.2) is 0 Å². The number of aromatic amines is 1. The molecule has 31 heavy (non-hydrogen) atoms. The van der Waals surface area contributed by atoms with Crippen molar-refractivity contribution in [3.63, 3.8) is 0 Å². The Morgan fingerprint density at radius 3 is 2.81 bits per heavy atom. The number of aliphatic hydroxyl groups is 1. The van der Waals surface area contributed by atoms with Gasteiger partial charge in [0, 0.05) is 42.9 Å². The summed E-state index contributed by atoms with van der Waals surface area (Å²) >= 11 is 0. The van der Waals surface area contributed by atoms with Crippen LogP contribution in [0, 0.1) is 5.92 Å². The Morgan fingerprint density at radius 1 is 1.23 bits per heavy atom. The summed E-state index contributed by atoms with van der Waals surface area (Å²) in [4.78, 5) is 28.7. The molecule has 0 unspecified atom stereocenters. The van der Waals surface area contributed by atoms with Gasteiger partial charge >= 0.3 is 0 Å². The molecule has 1 fully saturated rings. The van der Waals surface area contributed by atoms with Crippen LogP contribution in [0.2, 0.25) is 0 Å². The zero-order chi connectivity index (χ0) is 22.2. The van der Waals surface area contributed by atoms with Gasteiger partial charge in [-0.2, -0.15) is 5.10 Å². The Bertz CT molecular complexity index is 895. The van der Waals surface area contributed by atoms with Gasteiger partial charge in [0.05, 0.1) is 6.20 Å². The minimum absolute atomic E-state index is 0.0480.